The van der Waals surface area contributed by atoms with Crippen molar-refractivity contribution in [2.45, 2.75) is 39.5 Å². The Balaban J connectivity index is 2.19. The number of hydrogen-bond donors (Lipinski definition) is 2. The maximum absolute atomic E-state index is 11.8. The van der Waals surface area contributed by atoms with Gasteiger partial charge >= 0.3 is 0 Å². The predicted octanol–water partition coefficient (Wildman–Crippen LogP) is 1.21. The molecule has 1 heterocycles. The van der Waals surface area contributed by atoms with Crippen LogP contribution in [0, 0.1) is 11.8 Å². The number of nitrogens with one attached hydrogen (secondary N) is 1. The second kappa shape index (κ2) is 8.48. The molecule has 0 saturated carbocycles. The molecule has 0 aromatic carbocycles. The monoisotopic (exact) mass is 255 g/mol. The van der Waals surface area contributed by atoms with Crippen molar-refractivity contribution < 1.29 is 4.79 Å². The maximum atomic E-state index is 11.8. The summed E-state index contributed by atoms with van der Waals surface area (Å²) in [5, 5.41) is 3.03. The average molecular weight is 255 g/mol. The number of rotatable bonds is 7. The highest BCUT2D eigenvalue weighted by atomic mass is 16.1. The smallest absolute Gasteiger partial charge is 0.224 e. The van der Waals surface area contributed by atoms with Gasteiger partial charge in [0.15, 0.2) is 0 Å². The van der Waals surface area contributed by atoms with E-state index >= 15 is 0 Å². The first-order chi connectivity index (χ1) is 8.67. The van der Waals surface area contributed by atoms with Gasteiger partial charge in [0, 0.05) is 25.6 Å². The fourth-order valence-corrected chi connectivity index (χ4v) is 2.53. The molecule has 0 aromatic rings. The Morgan fingerprint density at radius 2 is 2.00 bits per heavy atom. The van der Waals surface area contributed by atoms with Crippen LogP contribution < -0.4 is 11.1 Å². The highest BCUT2D eigenvalue weighted by Crippen LogP contribution is 2.10. The van der Waals surface area contributed by atoms with E-state index < -0.39 is 0 Å². The van der Waals surface area contributed by atoms with Gasteiger partial charge in [0.2, 0.25) is 5.91 Å². The van der Waals surface area contributed by atoms with Gasteiger partial charge in [0.25, 0.3) is 0 Å². The van der Waals surface area contributed by atoms with Crippen LogP contribution in [-0.2, 0) is 4.79 Å². The second-order valence-corrected chi connectivity index (χ2v) is 5.55. The van der Waals surface area contributed by atoms with E-state index in [-0.39, 0.29) is 11.8 Å². The largest absolute Gasteiger partial charge is 0.356 e. The summed E-state index contributed by atoms with van der Waals surface area (Å²) >= 11 is 0. The molecular formula is C14H29N3O. The number of likely N-dealkylation sites (tertiary alicyclic amines) is 1. The molecule has 2 atom stereocenters. The minimum Gasteiger partial charge on any atom is -0.356 e. The summed E-state index contributed by atoms with van der Waals surface area (Å²) in [6.45, 7) is 8.97. The van der Waals surface area contributed by atoms with Gasteiger partial charge in [-0.05, 0) is 38.3 Å². The van der Waals surface area contributed by atoms with Crippen LogP contribution in [0.1, 0.15) is 39.5 Å². The van der Waals surface area contributed by atoms with Crippen molar-refractivity contribution in [3.8, 4) is 0 Å². The van der Waals surface area contributed by atoms with E-state index in [0.29, 0.717) is 12.5 Å². The summed E-state index contributed by atoms with van der Waals surface area (Å²) < 4.78 is 0. The van der Waals surface area contributed by atoms with E-state index in [1.807, 2.05) is 6.92 Å². The summed E-state index contributed by atoms with van der Waals surface area (Å²) in [4.78, 5) is 14.3. The van der Waals surface area contributed by atoms with Crippen molar-refractivity contribution in [1.29, 1.82) is 0 Å². The lowest BCUT2D eigenvalue weighted by atomic mass is 10.0. The Labute approximate surface area is 111 Å². The second-order valence-electron chi connectivity index (χ2n) is 5.55. The van der Waals surface area contributed by atoms with Gasteiger partial charge in [-0.25, -0.2) is 0 Å². The van der Waals surface area contributed by atoms with E-state index in [0.717, 1.165) is 19.5 Å². The summed E-state index contributed by atoms with van der Waals surface area (Å²) in [5.74, 6) is 0.611. The van der Waals surface area contributed by atoms with Crippen LogP contribution >= 0.6 is 0 Å². The summed E-state index contributed by atoms with van der Waals surface area (Å²) in [7, 11) is 0. The minimum absolute atomic E-state index is 0.0211. The number of piperidine rings is 1. The Bertz CT molecular complexity index is 235. The van der Waals surface area contributed by atoms with Crippen LogP contribution in [0.15, 0.2) is 0 Å². The highest BCUT2D eigenvalue weighted by molar-refractivity contribution is 5.78. The molecule has 4 nitrogen and oxygen atoms in total. The Morgan fingerprint density at radius 1 is 1.33 bits per heavy atom. The zero-order chi connectivity index (χ0) is 13.4. The van der Waals surface area contributed by atoms with Crippen molar-refractivity contribution in [2.24, 2.45) is 17.6 Å². The number of nitrogens with two attached hydrogens (primary N) is 1. The summed E-state index contributed by atoms with van der Waals surface area (Å²) in [5.41, 5.74) is 5.57. The van der Waals surface area contributed by atoms with Crippen molar-refractivity contribution in [2.75, 3.05) is 32.7 Å². The van der Waals surface area contributed by atoms with E-state index in [1.54, 1.807) is 0 Å². The van der Waals surface area contributed by atoms with Crippen molar-refractivity contribution in [3.63, 3.8) is 0 Å². The van der Waals surface area contributed by atoms with Crippen LogP contribution in [0.4, 0.5) is 0 Å². The molecule has 3 N–H and O–H groups in total. The normalized spacial score (nSPS) is 20.4. The summed E-state index contributed by atoms with van der Waals surface area (Å²) in [6.07, 6.45) is 4.84. The third kappa shape index (κ3) is 5.36. The molecule has 18 heavy (non-hydrogen) atoms. The maximum Gasteiger partial charge on any atom is 0.224 e. The van der Waals surface area contributed by atoms with Gasteiger partial charge in [-0.15, -0.1) is 0 Å². The van der Waals surface area contributed by atoms with Crippen LogP contribution in [0.2, 0.25) is 0 Å². The molecule has 2 unspecified atom stereocenters. The van der Waals surface area contributed by atoms with E-state index in [4.69, 9.17) is 5.73 Å². The van der Waals surface area contributed by atoms with E-state index in [9.17, 15) is 4.79 Å². The van der Waals surface area contributed by atoms with Crippen LogP contribution in [-0.4, -0.2) is 43.5 Å². The first kappa shape index (κ1) is 15.4. The van der Waals surface area contributed by atoms with Gasteiger partial charge < -0.3 is 16.0 Å². The number of carbonyl (C=O) groups is 1. The standard InChI is InChI=1S/C14H29N3O/c1-3-13(9-15)14(18)16-10-12(2)11-17-7-5-4-6-8-17/h12-13H,3-11,15H2,1-2H3,(H,16,18). The lowest BCUT2D eigenvalue weighted by Gasteiger charge is -2.29. The Kier molecular flexibility index (Phi) is 7.28. The van der Waals surface area contributed by atoms with Crippen LogP contribution in [0.25, 0.3) is 0 Å². The molecule has 4 heteroatoms. The van der Waals surface area contributed by atoms with E-state index in [2.05, 4.69) is 17.1 Å². The number of carbonyl (C=O) groups excluding carboxylic acids is 1. The molecule has 106 valence electrons. The Hall–Kier alpha value is -0.610. The van der Waals surface area contributed by atoms with Gasteiger partial charge in [-0.3, -0.25) is 4.79 Å². The molecule has 1 aliphatic heterocycles. The van der Waals surface area contributed by atoms with Crippen molar-refractivity contribution >= 4 is 5.91 Å². The molecule has 1 fully saturated rings. The highest BCUT2D eigenvalue weighted by Gasteiger charge is 2.17. The minimum atomic E-state index is -0.0211. The van der Waals surface area contributed by atoms with Gasteiger partial charge in [-0.2, -0.15) is 0 Å². The summed E-state index contributed by atoms with van der Waals surface area (Å²) in [6, 6.07) is 0. The molecular weight excluding hydrogens is 226 g/mol. The predicted molar refractivity (Wildman–Crippen MR) is 75.3 cm³/mol. The first-order valence-electron chi connectivity index (χ1n) is 7.37. The molecule has 0 radical (unpaired) electrons. The SMILES string of the molecule is CCC(CN)C(=O)NCC(C)CN1CCCCC1. The fraction of sp³-hybridized carbons (Fsp3) is 0.929. The third-order valence-electron chi connectivity index (χ3n) is 3.79. The van der Waals surface area contributed by atoms with Crippen LogP contribution in [0.3, 0.4) is 0 Å². The van der Waals surface area contributed by atoms with Crippen LogP contribution in [0.5, 0.6) is 0 Å². The van der Waals surface area contributed by atoms with Gasteiger partial charge in [0.1, 0.15) is 0 Å². The molecule has 1 saturated heterocycles. The molecule has 0 aliphatic carbocycles. The first-order valence-corrected chi connectivity index (χ1v) is 7.37. The van der Waals surface area contributed by atoms with Crippen molar-refractivity contribution in [1.82, 2.24) is 10.2 Å². The molecule has 1 aliphatic rings. The topological polar surface area (TPSA) is 58.4 Å². The zero-order valence-corrected chi connectivity index (χ0v) is 12.0. The average Bonchev–Trinajstić information content (AvgIpc) is 2.39. The van der Waals surface area contributed by atoms with Crippen molar-refractivity contribution in [3.05, 3.63) is 0 Å². The molecule has 1 amide bonds. The lowest BCUT2D eigenvalue weighted by molar-refractivity contribution is -0.125. The van der Waals surface area contributed by atoms with E-state index in [1.165, 1.54) is 32.4 Å². The molecule has 0 spiro atoms. The zero-order valence-electron chi connectivity index (χ0n) is 12.0. The molecule has 0 aromatic heterocycles. The Morgan fingerprint density at radius 3 is 2.56 bits per heavy atom. The molecule has 1 rings (SSSR count). The molecule has 0 bridgehead atoms. The number of nitrogens with zero attached hydrogens (tertiary/aromatic N) is 1. The quantitative estimate of drug-likeness (QED) is 0.719. The van der Waals surface area contributed by atoms with Gasteiger partial charge in [-0.1, -0.05) is 20.3 Å². The lowest BCUT2D eigenvalue weighted by Crippen LogP contribution is -2.40. The third-order valence-corrected chi connectivity index (χ3v) is 3.79. The number of hydrogen-bond acceptors (Lipinski definition) is 3. The van der Waals surface area contributed by atoms with Gasteiger partial charge in [0.05, 0.1) is 0 Å². The number of amides is 1. The fourth-order valence-electron chi connectivity index (χ4n) is 2.53.